The zero-order chi connectivity index (χ0) is 75.4. The molecule has 9 saturated heterocycles. The highest BCUT2D eigenvalue weighted by atomic mass is 32.2. The largest absolute Gasteiger partial charge is 0.469 e. The molecule has 36 nitrogen and oxygen atoms in total. The molecule has 0 bridgehead atoms. The molecule has 0 aromatic heterocycles. The quantitative estimate of drug-likeness (QED) is 0.0179. The van der Waals surface area contributed by atoms with Crippen LogP contribution in [-0.4, -0.2) is 300 Å². The summed E-state index contributed by atoms with van der Waals surface area (Å²) in [6.45, 7) is 4.85. The predicted molar refractivity (Wildman–Crippen MR) is 369 cm³/mol. The third kappa shape index (κ3) is 19.7. The molecule has 104 heavy (non-hydrogen) atoms. The highest BCUT2D eigenvalue weighted by molar-refractivity contribution is 8.00. The van der Waals surface area contributed by atoms with E-state index in [-0.39, 0.29) is 139 Å². The molecule has 578 valence electrons. The maximum absolute atomic E-state index is 14.7. The van der Waals surface area contributed by atoms with Crippen LogP contribution in [0.3, 0.4) is 0 Å². The second-order valence-electron chi connectivity index (χ2n) is 29.2. The number of carbonyl (C=O) groups excluding carboxylic acids is 15. The number of primary amides is 1. The number of hydrogen-bond donors (Lipinski definition) is 12. The van der Waals surface area contributed by atoms with Crippen molar-refractivity contribution >= 4 is 108 Å². The number of carbonyl (C=O) groups is 15. The lowest BCUT2D eigenvalue weighted by Gasteiger charge is -2.35. The van der Waals surface area contributed by atoms with Gasteiger partial charge in [0.05, 0.1) is 38.4 Å². The summed E-state index contributed by atoms with van der Waals surface area (Å²) >= 11 is 1.78. The third-order valence-electron chi connectivity index (χ3n) is 21.2. The summed E-state index contributed by atoms with van der Waals surface area (Å²) in [5.41, 5.74) is 5.61. The Labute approximate surface area is 607 Å². The van der Waals surface area contributed by atoms with Crippen molar-refractivity contribution in [2.75, 3.05) is 77.9 Å². The fraction of sp³-hybridized carbons (Fsp3) is 0.773. The number of hydrogen-bond acceptors (Lipinski definition) is 19. The van der Waals surface area contributed by atoms with Crippen LogP contribution in [0.4, 0.5) is 4.79 Å². The van der Waals surface area contributed by atoms with Gasteiger partial charge in [0.15, 0.2) is 0 Å². The summed E-state index contributed by atoms with van der Waals surface area (Å²) < 4.78 is 17.0. The summed E-state index contributed by atoms with van der Waals surface area (Å²) in [4.78, 5) is 235. The smallest absolute Gasteiger partial charge is 0.394 e. The SMILES string of the molecule is CC(C)C[C@H](NC(=O)[C@@H]1CCCN1C(=O)[C@@H]1CCCN1C(=O)[C@@H]1CCCN1C(=O)[C@H](COP(=O)(O)O)NC(=O)[C@@H]1CCCN1C(=O)[C@@H]1CCCN1C(=O)[C@H](CO)NC(=O)[C@@H]1CCCN1C(=O)[C@@H](NC(=O)CNC(=O)CNC(=O)CCCC[C@@H]1SC[C@@H]2NC(=O)N[C@@H]21)C(C)C)C(=O)N1CCC[C@H]1C(N)=O. The Bertz CT molecular complexity index is 3310. The van der Waals surface area contributed by atoms with Crippen molar-refractivity contribution in [3.8, 4) is 0 Å². The zero-order valence-corrected chi connectivity index (χ0v) is 61.2. The standard InChI is InChI=1S/C66H103N16O20PS/c1-36(2)30-38(59(91)76-23-7-14-42(76)55(67)87)70-56(88)43-15-8-24-77(43)63(95)48-20-13-29-82(48)64(96)47-19-12-28-81(47)61(93)40(34-102-103(99,100)101)72-58(90)44-16-9-25-78(44)62(94)46-18-11-27-80(46)60(92)39(33-83)71-57(89)45-17-10-26-79(45)65(97)53(37(3)4)74-52(86)32-69-51(85)31-68-50(84)22-6-5-21-49-54-41(35-104-49)73-66(98)75-54/h36-49,53-54,83H,5-35H2,1-4H3,(H2,67,87)(H,68,84)(H,69,85)(H,70,88)(H,71,89)(H,72,90)(H,74,86)(H2,73,75,98)(H2,99,100,101)/t38-,39-,40-,41-,42-,43-,44-,45-,46-,47-,48-,49-,53-,54-/m0/s1. The Morgan fingerprint density at radius 2 is 0.942 bits per heavy atom. The number of phosphoric ester groups is 1. The minimum atomic E-state index is -5.31. The number of urea groups is 1. The summed E-state index contributed by atoms with van der Waals surface area (Å²) in [6, 6.07) is -13.3. The Morgan fingerprint density at radius 1 is 0.529 bits per heavy atom. The Kier molecular flexibility index (Phi) is 27.9. The summed E-state index contributed by atoms with van der Waals surface area (Å²) in [5.74, 6) is -9.00. The van der Waals surface area contributed by atoms with Crippen LogP contribution >= 0.6 is 19.6 Å². The number of aliphatic hydroxyl groups is 1. The number of unbranched alkanes of at least 4 members (excludes halogenated alkanes) is 1. The van der Waals surface area contributed by atoms with Gasteiger partial charge >= 0.3 is 13.9 Å². The van der Waals surface area contributed by atoms with Crippen LogP contribution in [0, 0.1) is 11.8 Å². The fourth-order valence-electron chi connectivity index (χ4n) is 16.0. The Morgan fingerprint density at radius 3 is 1.44 bits per heavy atom. The van der Waals surface area contributed by atoms with Crippen LogP contribution in [-0.2, 0) is 76.2 Å². The maximum Gasteiger partial charge on any atom is 0.469 e. The molecule has 9 heterocycles. The first kappa shape index (κ1) is 80.4. The predicted octanol–water partition coefficient (Wildman–Crippen LogP) is -3.89. The highest BCUT2D eigenvalue weighted by Crippen LogP contribution is 2.37. The van der Waals surface area contributed by atoms with Gasteiger partial charge in [-0.3, -0.25) is 71.6 Å². The second-order valence-corrected chi connectivity index (χ2v) is 31.7. The molecule has 0 aromatic carbocycles. The number of amides is 16. The maximum atomic E-state index is 14.7. The van der Waals surface area contributed by atoms with E-state index in [0.29, 0.717) is 51.5 Å². The van der Waals surface area contributed by atoms with Crippen LogP contribution in [0.2, 0.25) is 0 Å². The molecule has 9 aliphatic rings. The van der Waals surface area contributed by atoms with Gasteiger partial charge in [-0.05, 0) is 121 Å². The molecule has 16 amide bonds. The van der Waals surface area contributed by atoms with Crippen LogP contribution in [0.5, 0.6) is 0 Å². The average Bonchev–Trinajstić information content (AvgIpc) is 1.59. The summed E-state index contributed by atoms with van der Waals surface area (Å²) in [7, 11) is -5.31. The molecule has 9 fully saturated rings. The lowest BCUT2D eigenvalue weighted by Crippen LogP contribution is -2.61. The van der Waals surface area contributed by atoms with Crippen molar-refractivity contribution in [1.82, 2.24) is 76.8 Å². The average molecular weight is 1500 g/mol. The number of rotatable bonds is 31. The molecule has 0 radical (unpaired) electrons. The summed E-state index contributed by atoms with van der Waals surface area (Å²) in [5, 5.41) is 32.2. The molecule has 0 spiro atoms. The molecule has 0 unspecified atom stereocenters. The third-order valence-corrected chi connectivity index (χ3v) is 23.2. The van der Waals surface area contributed by atoms with Crippen molar-refractivity contribution < 1.29 is 95.9 Å². The van der Waals surface area contributed by atoms with E-state index in [1.54, 1.807) is 25.6 Å². The van der Waals surface area contributed by atoms with Gasteiger partial charge in [0, 0.05) is 63.2 Å². The number of nitrogens with zero attached hydrogens (tertiary/aromatic N) is 7. The van der Waals surface area contributed by atoms with Gasteiger partial charge in [-0.2, -0.15) is 11.8 Å². The van der Waals surface area contributed by atoms with Crippen molar-refractivity contribution in [3.05, 3.63) is 0 Å². The molecule has 13 N–H and O–H groups in total. The van der Waals surface area contributed by atoms with Gasteiger partial charge < -0.3 is 97.5 Å². The molecule has 0 saturated carbocycles. The number of likely N-dealkylation sites (tertiary alicyclic amines) is 7. The molecular weight excluding hydrogens is 1400 g/mol. The molecular formula is C66H103N16O20PS. The van der Waals surface area contributed by atoms with E-state index in [2.05, 4.69) is 42.5 Å². The minimum absolute atomic E-state index is 0.00604. The van der Waals surface area contributed by atoms with Crippen LogP contribution in [0.15, 0.2) is 0 Å². The van der Waals surface area contributed by atoms with Gasteiger partial charge in [-0.1, -0.05) is 34.1 Å². The van der Waals surface area contributed by atoms with E-state index in [1.165, 1.54) is 29.4 Å². The van der Waals surface area contributed by atoms with Crippen molar-refractivity contribution in [1.29, 1.82) is 0 Å². The number of aliphatic hydroxyl groups excluding tert-OH is 1. The molecule has 0 aromatic rings. The van der Waals surface area contributed by atoms with Gasteiger partial charge in [0.1, 0.15) is 66.5 Å². The molecule has 14 atom stereocenters. The van der Waals surface area contributed by atoms with Crippen LogP contribution in [0.25, 0.3) is 0 Å². The zero-order valence-electron chi connectivity index (χ0n) is 59.5. The fourth-order valence-corrected chi connectivity index (χ4v) is 17.9. The van der Waals surface area contributed by atoms with Gasteiger partial charge in [-0.15, -0.1) is 0 Å². The van der Waals surface area contributed by atoms with E-state index in [0.717, 1.165) is 23.5 Å². The normalized spacial score (nSPS) is 26.4. The lowest BCUT2D eigenvalue weighted by atomic mass is 10.0. The summed E-state index contributed by atoms with van der Waals surface area (Å²) in [6.07, 6.45) is 6.52. The lowest BCUT2D eigenvalue weighted by molar-refractivity contribution is -0.152. The Hall–Kier alpha value is -7.73. The Balaban J connectivity index is 0.760. The number of thioether (sulfide) groups is 1. The van der Waals surface area contributed by atoms with Gasteiger partial charge in [0.25, 0.3) is 0 Å². The van der Waals surface area contributed by atoms with Crippen molar-refractivity contribution in [3.63, 3.8) is 0 Å². The van der Waals surface area contributed by atoms with E-state index < -0.39 is 183 Å². The minimum Gasteiger partial charge on any atom is -0.394 e. The van der Waals surface area contributed by atoms with Gasteiger partial charge in [-0.25, -0.2) is 9.36 Å². The van der Waals surface area contributed by atoms with Crippen LogP contribution < -0.4 is 48.3 Å². The van der Waals surface area contributed by atoms with Crippen molar-refractivity contribution in [2.45, 2.75) is 233 Å². The van der Waals surface area contributed by atoms with Gasteiger partial charge in [0.2, 0.25) is 82.7 Å². The van der Waals surface area contributed by atoms with Crippen LogP contribution in [0.1, 0.15) is 150 Å². The monoisotopic (exact) mass is 1500 g/mol. The number of nitrogens with one attached hydrogen (secondary N) is 8. The first-order valence-corrected chi connectivity index (χ1v) is 39.2. The molecule has 38 heteroatoms. The number of fused-ring (bicyclic) bond motifs is 1. The molecule has 9 rings (SSSR count). The van der Waals surface area contributed by atoms with E-state index >= 15 is 0 Å². The highest BCUT2D eigenvalue weighted by Gasteiger charge is 2.51. The first-order chi connectivity index (χ1) is 49.5. The van der Waals surface area contributed by atoms with Crippen molar-refractivity contribution in [2.24, 2.45) is 17.6 Å². The van der Waals surface area contributed by atoms with E-state index in [1.807, 2.05) is 13.8 Å². The second kappa shape index (κ2) is 36.0. The van der Waals surface area contributed by atoms with E-state index in [4.69, 9.17) is 10.3 Å². The first-order valence-electron chi connectivity index (χ1n) is 36.6. The molecule has 9 aliphatic heterocycles. The van der Waals surface area contributed by atoms with E-state index in [9.17, 15) is 91.4 Å². The number of nitrogens with two attached hydrogens (primary N) is 1. The number of phosphoric acid groups is 1. The molecule has 0 aliphatic carbocycles. The topological polar surface area (TPSA) is 488 Å².